The second-order valence-electron chi connectivity index (χ2n) is 2.94. The molecule has 1 heterocycles. The number of aromatic nitrogens is 1. The molecule has 0 saturated heterocycles. The number of hydrogen-bond donors (Lipinski definition) is 3. The van der Waals surface area contributed by atoms with Gasteiger partial charge in [-0.3, -0.25) is 4.98 Å². The SMILES string of the molecule is NCCCC(O)(O)c1ccncc1. The first-order valence-electron chi connectivity index (χ1n) is 4.22. The van der Waals surface area contributed by atoms with Crippen LogP contribution in [0.25, 0.3) is 0 Å². The van der Waals surface area contributed by atoms with Crippen LogP contribution in [0.4, 0.5) is 0 Å². The van der Waals surface area contributed by atoms with Gasteiger partial charge in [-0.05, 0) is 25.1 Å². The molecule has 0 aromatic carbocycles. The normalized spacial score (nSPS) is 11.6. The highest BCUT2D eigenvalue weighted by atomic mass is 16.5. The van der Waals surface area contributed by atoms with Crippen molar-refractivity contribution in [2.24, 2.45) is 5.73 Å². The molecule has 0 radical (unpaired) electrons. The molecule has 4 heteroatoms. The van der Waals surface area contributed by atoms with Crippen LogP contribution in [0.3, 0.4) is 0 Å². The maximum Gasteiger partial charge on any atom is 0.189 e. The van der Waals surface area contributed by atoms with Gasteiger partial charge in [-0.25, -0.2) is 0 Å². The van der Waals surface area contributed by atoms with Crippen LogP contribution in [0.1, 0.15) is 18.4 Å². The molecular weight excluding hydrogens is 168 g/mol. The molecule has 0 aliphatic carbocycles. The van der Waals surface area contributed by atoms with Crippen LogP contribution >= 0.6 is 0 Å². The summed E-state index contributed by atoms with van der Waals surface area (Å²) in [6.45, 7) is 0.452. The molecule has 13 heavy (non-hydrogen) atoms. The standard InChI is InChI=1S/C9H14N2O2/c10-5-1-4-9(12,13)8-2-6-11-7-3-8/h2-3,6-7,12-13H,1,4-5,10H2. The summed E-state index contributed by atoms with van der Waals surface area (Å²) < 4.78 is 0. The zero-order valence-electron chi connectivity index (χ0n) is 7.35. The van der Waals surface area contributed by atoms with Crippen molar-refractivity contribution in [1.29, 1.82) is 0 Å². The van der Waals surface area contributed by atoms with Gasteiger partial charge in [0.2, 0.25) is 0 Å². The minimum absolute atomic E-state index is 0.244. The molecule has 4 nitrogen and oxygen atoms in total. The molecule has 1 aromatic heterocycles. The van der Waals surface area contributed by atoms with E-state index in [1.807, 2.05) is 0 Å². The Hall–Kier alpha value is -0.970. The summed E-state index contributed by atoms with van der Waals surface area (Å²) in [6, 6.07) is 3.16. The molecule has 1 aromatic rings. The third kappa shape index (κ3) is 2.77. The highest BCUT2D eigenvalue weighted by molar-refractivity contribution is 5.15. The number of nitrogens with two attached hydrogens (primary N) is 1. The van der Waals surface area contributed by atoms with E-state index in [1.54, 1.807) is 12.1 Å². The zero-order chi connectivity index (χ0) is 9.73. The first kappa shape index (κ1) is 10.1. The Balaban J connectivity index is 2.69. The number of pyridine rings is 1. The van der Waals surface area contributed by atoms with Gasteiger partial charge in [0, 0.05) is 24.4 Å². The molecule has 0 saturated carbocycles. The van der Waals surface area contributed by atoms with Crippen LogP contribution in [0, 0.1) is 0 Å². The third-order valence-electron chi connectivity index (χ3n) is 1.87. The van der Waals surface area contributed by atoms with Crippen molar-refractivity contribution in [2.75, 3.05) is 6.54 Å². The van der Waals surface area contributed by atoms with E-state index in [4.69, 9.17) is 5.73 Å². The predicted octanol–water partition coefficient (Wildman–Crippen LogP) is -0.0421. The van der Waals surface area contributed by atoms with Gasteiger partial charge in [-0.15, -0.1) is 0 Å². The smallest absolute Gasteiger partial charge is 0.189 e. The lowest BCUT2D eigenvalue weighted by molar-refractivity contribution is -0.174. The Morgan fingerprint density at radius 2 is 1.92 bits per heavy atom. The van der Waals surface area contributed by atoms with Gasteiger partial charge in [0.1, 0.15) is 0 Å². The Labute approximate surface area is 77.0 Å². The summed E-state index contributed by atoms with van der Waals surface area (Å²) in [5.41, 5.74) is 5.73. The van der Waals surface area contributed by atoms with Gasteiger partial charge in [0.15, 0.2) is 5.79 Å². The molecule has 1 rings (SSSR count). The Morgan fingerprint density at radius 1 is 1.31 bits per heavy atom. The highest BCUT2D eigenvalue weighted by Crippen LogP contribution is 2.21. The van der Waals surface area contributed by atoms with E-state index >= 15 is 0 Å². The molecule has 0 aliphatic heterocycles. The number of aliphatic hydroxyl groups is 2. The lowest BCUT2D eigenvalue weighted by Gasteiger charge is -2.21. The van der Waals surface area contributed by atoms with Gasteiger partial charge in [-0.1, -0.05) is 0 Å². The molecule has 0 amide bonds. The molecule has 0 unspecified atom stereocenters. The first-order chi connectivity index (χ1) is 6.17. The van der Waals surface area contributed by atoms with E-state index in [0.29, 0.717) is 18.5 Å². The van der Waals surface area contributed by atoms with Crippen LogP contribution in [0.5, 0.6) is 0 Å². The molecule has 0 fully saturated rings. The number of nitrogens with zero attached hydrogens (tertiary/aromatic N) is 1. The van der Waals surface area contributed by atoms with E-state index < -0.39 is 5.79 Å². The van der Waals surface area contributed by atoms with E-state index in [-0.39, 0.29) is 6.42 Å². The average Bonchev–Trinajstić information content (AvgIpc) is 2.16. The molecule has 4 N–H and O–H groups in total. The van der Waals surface area contributed by atoms with Crippen LogP contribution in [0.2, 0.25) is 0 Å². The van der Waals surface area contributed by atoms with Crippen molar-refractivity contribution < 1.29 is 10.2 Å². The average molecular weight is 182 g/mol. The number of hydrogen-bond acceptors (Lipinski definition) is 4. The minimum atomic E-state index is -1.78. The van der Waals surface area contributed by atoms with Crippen LogP contribution in [-0.4, -0.2) is 21.7 Å². The van der Waals surface area contributed by atoms with Crippen LogP contribution in [0.15, 0.2) is 24.5 Å². The quantitative estimate of drug-likeness (QED) is 0.571. The van der Waals surface area contributed by atoms with Crippen LogP contribution in [-0.2, 0) is 5.79 Å². The van der Waals surface area contributed by atoms with Gasteiger partial charge in [0.25, 0.3) is 0 Å². The van der Waals surface area contributed by atoms with Crippen LogP contribution < -0.4 is 5.73 Å². The monoisotopic (exact) mass is 182 g/mol. The van der Waals surface area contributed by atoms with Crippen molar-refractivity contribution in [2.45, 2.75) is 18.6 Å². The fraction of sp³-hybridized carbons (Fsp3) is 0.444. The van der Waals surface area contributed by atoms with Gasteiger partial charge in [0.05, 0.1) is 0 Å². The summed E-state index contributed by atoms with van der Waals surface area (Å²) in [5, 5.41) is 19.2. The van der Waals surface area contributed by atoms with Crippen molar-refractivity contribution in [3.05, 3.63) is 30.1 Å². The molecule has 0 bridgehead atoms. The van der Waals surface area contributed by atoms with E-state index in [2.05, 4.69) is 4.98 Å². The summed E-state index contributed by atoms with van der Waals surface area (Å²) in [5.74, 6) is -1.78. The Bertz CT molecular complexity index is 249. The molecule has 0 spiro atoms. The van der Waals surface area contributed by atoms with Gasteiger partial charge >= 0.3 is 0 Å². The van der Waals surface area contributed by atoms with Crippen molar-refractivity contribution in [3.63, 3.8) is 0 Å². The second-order valence-corrected chi connectivity index (χ2v) is 2.94. The fourth-order valence-corrected chi connectivity index (χ4v) is 1.11. The lowest BCUT2D eigenvalue weighted by Crippen LogP contribution is -2.25. The summed E-state index contributed by atoms with van der Waals surface area (Å²) in [4.78, 5) is 3.79. The summed E-state index contributed by atoms with van der Waals surface area (Å²) >= 11 is 0. The second kappa shape index (κ2) is 4.32. The topological polar surface area (TPSA) is 79.4 Å². The Morgan fingerprint density at radius 3 is 2.46 bits per heavy atom. The first-order valence-corrected chi connectivity index (χ1v) is 4.22. The van der Waals surface area contributed by atoms with Crippen molar-refractivity contribution in [1.82, 2.24) is 4.98 Å². The summed E-state index contributed by atoms with van der Waals surface area (Å²) in [7, 11) is 0. The maximum absolute atomic E-state index is 9.59. The van der Waals surface area contributed by atoms with Crippen molar-refractivity contribution in [3.8, 4) is 0 Å². The van der Waals surface area contributed by atoms with Gasteiger partial charge in [-0.2, -0.15) is 0 Å². The Kier molecular flexibility index (Phi) is 3.36. The van der Waals surface area contributed by atoms with Crippen molar-refractivity contribution >= 4 is 0 Å². The third-order valence-corrected chi connectivity index (χ3v) is 1.87. The fourth-order valence-electron chi connectivity index (χ4n) is 1.11. The highest BCUT2D eigenvalue weighted by Gasteiger charge is 2.24. The number of rotatable bonds is 4. The minimum Gasteiger partial charge on any atom is -0.362 e. The largest absolute Gasteiger partial charge is 0.362 e. The molecule has 0 atom stereocenters. The van der Waals surface area contributed by atoms with E-state index in [0.717, 1.165) is 0 Å². The summed E-state index contributed by atoms with van der Waals surface area (Å²) in [6.07, 6.45) is 3.88. The molecule has 0 aliphatic rings. The molecule has 72 valence electrons. The lowest BCUT2D eigenvalue weighted by atomic mass is 10.0. The van der Waals surface area contributed by atoms with E-state index in [9.17, 15) is 10.2 Å². The predicted molar refractivity (Wildman–Crippen MR) is 48.6 cm³/mol. The molecular formula is C9H14N2O2. The van der Waals surface area contributed by atoms with Gasteiger partial charge < -0.3 is 15.9 Å². The van der Waals surface area contributed by atoms with E-state index in [1.165, 1.54) is 12.4 Å². The maximum atomic E-state index is 9.59. The zero-order valence-corrected chi connectivity index (χ0v) is 7.35.